The molecule has 1 atom stereocenters. The monoisotopic (exact) mass is 639 g/mol. The van der Waals surface area contributed by atoms with Crippen LogP contribution in [0.5, 0.6) is 11.5 Å². The molecule has 1 aliphatic heterocycles. The average molecular weight is 640 g/mol. The second-order valence-corrected chi connectivity index (χ2v) is 11.7. The van der Waals surface area contributed by atoms with Crippen LogP contribution in [0.3, 0.4) is 0 Å². The second-order valence-electron chi connectivity index (χ2n) is 11.4. The van der Waals surface area contributed by atoms with Crippen LogP contribution in [0.1, 0.15) is 51.9 Å². The topological polar surface area (TPSA) is 161 Å². The van der Waals surface area contributed by atoms with Gasteiger partial charge in [0.15, 0.2) is 11.5 Å². The van der Waals surface area contributed by atoms with Gasteiger partial charge in [-0.25, -0.2) is 15.4 Å². The minimum atomic E-state index is -1.37. The Labute approximate surface area is 263 Å². The Morgan fingerprint density at radius 1 is 1.16 bits per heavy atom. The predicted molar refractivity (Wildman–Crippen MR) is 167 cm³/mol. The van der Waals surface area contributed by atoms with Gasteiger partial charge in [0.2, 0.25) is 0 Å². The van der Waals surface area contributed by atoms with Crippen molar-refractivity contribution < 1.29 is 37.8 Å². The van der Waals surface area contributed by atoms with Crippen molar-refractivity contribution in [3.8, 4) is 11.5 Å². The van der Waals surface area contributed by atoms with Crippen molar-refractivity contribution in [2.45, 2.75) is 32.2 Å². The highest BCUT2D eigenvalue weighted by Gasteiger charge is 2.41. The molecule has 0 fully saturated rings. The van der Waals surface area contributed by atoms with Crippen LogP contribution in [-0.2, 0) is 9.53 Å². The van der Waals surface area contributed by atoms with Gasteiger partial charge in [0.1, 0.15) is 16.9 Å². The van der Waals surface area contributed by atoms with Gasteiger partial charge in [-0.15, -0.1) is 11.6 Å². The molecule has 3 N–H and O–H groups in total. The fraction of sp³-hybridized carbons (Fsp3) is 0.355. The summed E-state index contributed by atoms with van der Waals surface area (Å²) in [5, 5.41) is 1.97. The lowest BCUT2D eigenvalue weighted by Crippen LogP contribution is -2.57. The Kier molecular flexibility index (Phi) is 8.19. The molecule has 0 unspecified atom stereocenters. The number of aromatic amines is 1. The van der Waals surface area contributed by atoms with Crippen LogP contribution in [0.25, 0.3) is 21.9 Å². The van der Waals surface area contributed by atoms with Crippen molar-refractivity contribution in [2.75, 3.05) is 45.6 Å². The van der Waals surface area contributed by atoms with Crippen molar-refractivity contribution in [3.05, 3.63) is 52.9 Å². The number of furan rings is 1. The van der Waals surface area contributed by atoms with Gasteiger partial charge < -0.3 is 28.5 Å². The number of nitrogens with zero attached hydrogens (tertiary/aromatic N) is 3. The van der Waals surface area contributed by atoms with Gasteiger partial charge in [-0.05, 0) is 50.6 Å². The smallest absolute Gasteiger partial charge is 0.415 e. The van der Waals surface area contributed by atoms with Crippen LogP contribution in [-0.4, -0.2) is 85.0 Å². The number of amides is 3. The number of halogens is 1. The van der Waals surface area contributed by atoms with Gasteiger partial charge in [-0.3, -0.25) is 19.5 Å². The molecule has 1 aliphatic rings. The maximum atomic E-state index is 14.0. The summed E-state index contributed by atoms with van der Waals surface area (Å²) in [6, 6.07) is 8.36. The van der Waals surface area contributed by atoms with E-state index < -0.39 is 29.4 Å². The normalized spacial score (nSPS) is 14.4. The lowest BCUT2D eigenvalue weighted by molar-refractivity contribution is -0.139. The molecule has 4 aromatic rings. The van der Waals surface area contributed by atoms with Crippen molar-refractivity contribution in [3.63, 3.8) is 0 Å². The molecular weight excluding hydrogens is 606 g/mol. The standard InChI is InChI=1S/C31H34ClN5O8/c1-15-23(28(39)43-7)25-24-17(13-32)14-37(27(38)22-11-16-10-18(42-6)8-9-20(16)44-22)19(24)12-21(26(25)34-15)45-30(41)35(4)31(2,3)29(40)36(5)33/h8-12,17,34H,13-14,33H2,1-7H3/t17-/m1/s1. The molecular formula is C31H34ClN5O8. The summed E-state index contributed by atoms with van der Waals surface area (Å²) in [7, 11) is 5.59. The highest BCUT2D eigenvalue weighted by atomic mass is 35.5. The van der Waals surface area contributed by atoms with E-state index in [0.29, 0.717) is 44.6 Å². The van der Waals surface area contributed by atoms with Gasteiger partial charge in [-0.1, -0.05) is 0 Å². The number of methoxy groups -OCH3 is 2. The largest absolute Gasteiger partial charge is 0.497 e. The van der Waals surface area contributed by atoms with E-state index in [1.165, 1.54) is 40.0 Å². The van der Waals surface area contributed by atoms with Crippen LogP contribution in [0, 0.1) is 6.92 Å². The molecule has 0 aliphatic carbocycles. The van der Waals surface area contributed by atoms with Crippen molar-refractivity contribution in [1.29, 1.82) is 0 Å². The maximum absolute atomic E-state index is 14.0. The number of hydrazine groups is 1. The van der Waals surface area contributed by atoms with E-state index >= 15 is 0 Å². The number of benzene rings is 2. The van der Waals surface area contributed by atoms with Gasteiger partial charge in [0, 0.05) is 55.0 Å². The quantitative estimate of drug-likeness (QED) is 0.0972. The average Bonchev–Trinajstić information content (AvgIpc) is 3.71. The second kappa shape index (κ2) is 11.6. The van der Waals surface area contributed by atoms with E-state index in [1.54, 1.807) is 44.4 Å². The highest BCUT2D eigenvalue weighted by Crippen LogP contribution is 2.48. The van der Waals surface area contributed by atoms with E-state index in [2.05, 4.69) is 4.98 Å². The minimum absolute atomic E-state index is 0.0190. The highest BCUT2D eigenvalue weighted by molar-refractivity contribution is 6.20. The molecule has 0 saturated heterocycles. The first-order chi connectivity index (χ1) is 21.2. The van der Waals surface area contributed by atoms with Crippen molar-refractivity contribution in [2.24, 2.45) is 5.84 Å². The number of aryl methyl sites for hydroxylation is 1. The Hall–Kier alpha value is -4.75. The number of nitrogens with two attached hydrogens (primary N) is 1. The number of fused-ring (bicyclic) bond motifs is 4. The fourth-order valence-electron chi connectivity index (χ4n) is 5.64. The van der Waals surface area contributed by atoms with Crippen LogP contribution >= 0.6 is 11.6 Å². The van der Waals surface area contributed by atoms with Crippen LogP contribution in [0.2, 0.25) is 0 Å². The fourth-order valence-corrected chi connectivity index (χ4v) is 5.89. The summed E-state index contributed by atoms with van der Waals surface area (Å²) in [6.07, 6.45) is -0.876. The Morgan fingerprint density at radius 2 is 1.87 bits per heavy atom. The van der Waals surface area contributed by atoms with E-state index in [0.717, 1.165) is 9.91 Å². The molecule has 238 valence electrons. The summed E-state index contributed by atoms with van der Waals surface area (Å²) in [6.45, 7) is 4.91. The number of esters is 1. The number of aromatic nitrogens is 1. The molecule has 14 heteroatoms. The number of carbonyl (C=O) groups excluding carboxylic acids is 4. The van der Waals surface area contributed by atoms with E-state index in [1.807, 2.05) is 0 Å². The zero-order chi connectivity index (χ0) is 33.0. The molecule has 5 rings (SSSR count). The Bertz CT molecular complexity index is 1860. The number of nitrogens with one attached hydrogen (secondary N) is 1. The molecule has 3 heterocycles. The summed E-state index contributed by atoms with van der Waals surface area (Å²) < 4.78 is 22.2. The summed E-state index contributed by atoms with van der Waals surface area (Å²) >= 11 is 6.45. The third-order valence-corrected chi connectivity index (χ3v) is 8.63. The van der Waals surface area contributed by atoms with Gasteiger partial charge in [0.25, 0.3) is 11.8 Å². The third kappa shape index (κ3) is 5.21. The zero-order valence-corrected chi connectivity index (χ0v) is 26.7. The first-order valence-electron chi connectivity index (χ1n) is 14.0. The maximum Gasteiger partial charge on any atom is 0.415 e. The number of carbonyl (C=O) groups is 4. The summed E-state index contributed by atoms with van der Waals surface area (Å²) in [5.74, 6) is 4.48. The number of alkyl halides is 1. The minimum Gasteiger partial charge on any atom is -0.497 e. The molecule has 2 aromatic heterocycles. The number of hydrogen-bond acceptors (Lipinski definition) is 9. The zero-order valence-electron chi connectivity index (χ0n) is 25.9. The third-order valence-electron chi connectivity index (χ3n) is 8.26. The lowest BCUT2D eigenvalue weighted by Gasteiger charge is -2.34. The number of ether oxygens (including phenoxy) is 3. The molecule has 3 amide bonds. The molecule has 0 spiro atoms. The van der Waals surface area contributed by atoms with Crippen LogP contribution in [0.15, 0.2) is 34.7 Å². The van der Waals surface area contributed by atoms with E-state index in [4.69, 9.17) is 36.1 Å². The lowest BCUT2D eigenvalue weighted by atomic mass is 9.95. The predicted octanol–water partition coefficient (Wildman–Crippen LogP) is 4.54. The molecule has 45 heavy (non-hydrogen) atoms. The molecule has 2 aromatic carbocycles. The molecule has 0 radical (unpaired) electrons. The van der Waals surface area contributed by atoms with Gasteiger partial charge in [0.05, 0.1) is 31.0 Å². The SMILES string of the molecule is COC(=O)c1c(C)[nH]c2c(OC(=O)N(C)C(C)(C)C(=O)N(C)N)cc3c(c12)[C@H](CCl)CN3C(=O)c1cc2cc(OC)ccc2o1. The van der Waals surface area contributed by atoms with Crippen LogP contribution < -0.4 is 20.2 Å². The summed E-state index contributed by atoms with van der Waals surface area (Å²) in [4.78, 5) is 59.0. The van der Waals surface area contributed by atoms with E-state index in [9.17, 15) is 19.2 Å². The summed E-state index contributed by atoms with van der Waals surface area (Å²) in [5.41, 5.74) is 1.13. The molecule has 0 bridgehead atoms. The molecule has 0 saturated carbocycles. The number of H-pyrrole nitrogens is 1. The Morgan fingerprint density at radius 3 is 2.49 bits per heavy atom. The van der Waals surface area contributed by atoms with Crippen molar-refractivity contribution >= 4 is 63.0 Å². The molecule has 13 nitrogen and oxygen atoms in total. The van der Waals surface area contributed by atoms with Crippen molar-refractivity contribution in [1.82, 2.24) is 14.9 Å². The number of anilines is 1. The van der Waals surface area contributed by atoms with E-state index in [-0.39, 0.29) is 35.4 Å². The first-order valence-corrected chi connectivity index (χ1v) is 14.5. The Balaban J connectivity index is 1.66. The number of rotatable bonds is 7. The van der Waals surface area contributed by atoms with Gasteiger partial charge in [-0.2, -0.15) is 0 Å². The number of likely N-dealkylation sites (N-methyl/N-ethyl adjacent to an activating group) is 2. The first kappa shape index (κ1) is 31.7. The van der Waals surface area contributed by atoms with Crippen LogP contribution in [0.4, 0.5) is 10.5 Å². The number of hydrogen-bond donors (Lipinski definition) is 2. The van der Waals surface area contributed by atoms with Gasteiger partial charge >= 0.3 is 12.1 Å².